The number of carbonyl (C=O) groups excluding carboxylic acids is 1. The zero-order valence-electron chi connectivity index (χ0n) is 13.3. The maximum atomic E-state index is 12.7. The minimum Gasteiger partial charge on any atom is -0.333 e. The van der Waals surface area contributed by atoms with Gasteiger partial charge in [0.25, 0.3) is 11.6 Å². The summed E-state index contributed by atoms with van der Waals surface area (Å²) < 4.78 is 0. The summed E-state index contributed by atoms with van der Waals surface area (Å²) in [5.41, 5.74) is 1.26. The third-order valence-corrected chi connectivity index (χ3v) is 5.02. The highest BCUT2D eigenvalue weighted by atomic mass is 32.1. The van der Waals surface area contributed by atoms with Crippen LogP contribution in [0.15, 0.2) is 29.6 Å². The lowest BCUT2D eigenvalue weighted by molar-refractivity contribution is -0.384. The van der Waals surface area contributed by atoms with Crippen LogP contribution in [0.2, 0.25) is 0 Å². The average molecular weight is 346 g/mol. The van der Waals surface area contributed by atoms with Crippen LogP contribution < -0.4 is 5.32 Å². The van der Waals surface area contributed by atoms with E-state index in [4.69, 9.17) is 0 Å². The van der Waals surface area contributed by atoms with Gasteiger partial charge in [0.05, 0.1) is 4.92 Å². The van der Waals surface area contributed by atoms with Crippen molar-refractivity contribution in [2.45, 2.75) is 18.9 Å². The van der Waals surface area contributed by atoms with Gasteiger partial charge in [-0.2, -0.15) is 0 Å². The van der Waals surface area contributed by atoms with Gasteiger partial charge in [-0.1, -0.05) is 0 Å². The first kappa shape index (κ1) is 16.5. The number of likely N-dealkylation sites (N-methyl/N-ethyl adjacent to an activating group) is 1. The number of non-ortho nitro benzene ring substituents is 1. The number of nitro groups is 1. The van der Waals surface area contributed by atoms with Gasteiger partial charge in [0.15, 0.2) is 0 Å². The predicted molar refractivity (Wildman–Crippen MR) is 92.2 cm³/mol. The molecule has 7 nitrogen and oxygen atoms in total. The molecule has 1 aromatic carbocycles. The van der Waals surface area contributed by atoms with Crippen LogP contribution in [0.25, 0.3) is 10.6 Å². The van der Waals surface area contributed by atoms with Gasteiger partial charge < -0.3 is 10.2 Å². The number of nitrogens with one attached hydrogen (secondary N) is 1. The maximum Gasteiger partial charge on any atom is 0.273 e. The van der Waals surface area contributed by atoms with Crippen LogP contribution in [0.5, 0.6) is 0 Å². The van der Waals surface area contributed by atoms with E-state index >= 15 is 0 Å². The SMILES string of the molecule is CNCC1CCCN1C(=O)c1csc(-c2ccc([N+](=O)[O-])cc2)n1. The molecule has 0 spiro atoms. The lowest BCUT2D eigenvalue weighted by Gasteiger charge is -2.23. The van der Waals surface area contributed by atoms with Gasteiger partial charge in [0, 0.05) is 42.2 Å². The van der Waals surface area contributed by atoms with Crippen molar-refractivity contribution in [3.05, 3.63) is 45.5 Å². The monoisotopic (exact) mass is 346 g/mol. The summed E-state index contributed by atoms with van der Waals surface area (Å²) in [6, 6.07) is 6.42. The molecule has 3 rings (SSSR count). The Morgan fingerprint density at radius 1 is 1.46 bits per heavy atom. The van der Waals surface area contributed by atoms with Crippen molar-refractivity contribution in [2.75, 3.05) is 20.1 Å². The van der Waals surface area contributed by atoms with Crippen LogP contribution in [0.4, 0.5) is 5.69 Å². The van der Waals surface area contributed by atoms with E-state index in [0.29, 0.717) is 10.7 Å². The van der Waals surface area contributed by atoms with Gasteiger partial charge in [-0.3, -0.25) is 14.9 Å². The third kappa shape index (κ3) is 3.29. The lowest BCUT2D eigenvalue weighted by atomic mass is 10.2. The van der Waals surface area contributed by atoms with Gasteiger partial charge in [-0.05, 0) is 32.0 Å². The normalized spacial score (nSPS) is 17.2. The zero-order chi connectivity index (χ0) is 17.1. The van der Waals surface area contributed by atoms with Crippen LogP contribution >= 0.6 is 11.3 Å². The highest BCUT2D eigenvalue weighted by molar-refractivity contribution is 7.13. The highest BCUT2D eigenvalue weighted by Gasteiger charge is 2.30. The molecule has 2 aromatic rings. The molecule has 1 fully saturated rings. The molecule has 0 radical (unpaired) electrons. The smallest absolute Gasteiger partial charge is 0.273 e. The second-order valence-corrected chi connectivity index (χ2v) is 6.55. The van der Waals surface area contributed by atoms with E-state index in [2.05, 4.69) is 10.3 Å². The molecule has 1 N–H and O–H groups in total. The minimum absolute atomic E-state index is 0.0404. The summed E-state index contributed by atoms with van der Waals surface area (Å²) in [5.74, 6) is -0.0443. The number of likely N-dealkylation sites (tertiary alicyclic amines) is 1. The Hall–Kier alpha value is -2.32. The molecule has 1 aromatic heterocycles. The Labute approximate surface area is 143 Å². The molecule has 0 bridgehead atoms. The quantitative estimate of drug-likeness (QED) is 0.664. The van der Waals surface area contributed by atoms with E-state index in [0.717, 1.165) is 31.5 Å². The van der Waals surface area contributed by atoms with Gasteiger partial charge in [-0.25, -0.2) is 4.98 Å². The molecule has 1 amide bonds. The van der Waals surface area contributed by atoms with Gasteiger partial charge >= 0.3 is 0 Å². The molecular formula is C16H18N4O3S. The van der Waals surface area contributed by atoms with Gasteiger partial charge in [0.1, 0.15) is 10.7 Å². The van der Waals surface area contributed by atoms with E-state index in [1.807, 2.05) is 11.9 Å². The number of amides is 1. The fourth-order valence-electron chi connectivity index (χ4n) is 2.93. The molecule has 1 atom stereocenters. The topological polar surface area (TPSA) is 88.4 Å². The van der Waals surface area contributed by atoms with Crippen molar-refractivity contribution in [1.29, 1.82) is 0 Å². The zero-order valence-corrected chi connectivity index (χ0v) is 14.1. The Kier molecular flexibility index (Phi) is 4.86. The molecule has 1 aliphatic rings. The summed E-state index contributed by atoms with van der Waals surface area (Å²) >= 11 is 1.37. The third-order valence-electron chi connectivity index (χ3n) is 4.13. The first-order valence-corrected chi connectivity index (χ1v) is 8.64. The molecule has 126 valence electrons. The number of thiazole rings is 1. The molecule has 0 saturated carbocycles. The van der Waals surface area contributed by atoms with Gasteiger partial charge in [0.2, 0.25) is 0 Å². The van der Waals surface area contributed by atoms with Crippen LogP contribution in [0, 0.1) is 10.1 Å². The molecular weight excluding hydrogens is 328 g/mol. The highest BCUT2D eigenvalue weighted by Crippen LogP contribution is 2.27. The van der Waals surface area contributed by atoms with Crippen molar-refractivity contribution in [3.63, 3.8) is 0 Å². The summed E-state index contributed by atoms with van der Waals surface area (Å²) in [4.78, 5) is 29.3. The summed E-state index contributed by atoms with van der Waals surface area (Å²) in [5, 5.41) is 16.3. The van der Waals surface area contributed by atoms with Crippen LogP contribution in [0.1, 0.15) is 23.3 Å². The lowest BCUT2D eigenvalue weighted by Crippen LogP contribution is -2.40. The number of hydrogen-bond acceptors (Lipinski definition) is 6. The molecule has 8 heteroatoms. The number of carbonyl (C=O) groups is 1. The van der Waals surface area contributed by atoms with Crippen molar-refractivity contribution >= 4 is 22.9 Å². The summed E-state index contributed by atoms with van der Waals surface area (Å²) in [6.45, 7) is 1.54. The minimum atomic E-state index is -0.435. The molecule has 1 saturated heterocycles. The standard InChI is InChI=1S/C16H18N4O3S/c1-17-9-13-3-2-8-19(13)16(21)14-10-24-15(18-14)11-4-6-12(7-5-11)20(22)23/h4-7,10,13,17H,2-3,8-9H2,1H3. The number of benzene rings is 1. The number of aromatic nitrogens is 1. The molecule has 0 aliphatic carbocycles. The summed E-state index contributed by atoms with van der Waals surface area (Å²) in [7, 11) is 1.89. The first-order chi connectivity index (χ1) is 11.6. The second-order valence-electron chi connectivity index (χ2n) is 5.69. The van der Waals surface area contributed by atoms with Crippen LogP contribution in [-0.2, 0) is 0 Å². The second kappa shape index (κ2) is 7.06. The predicted octanol–water partition coefficient (Wildman–Crippen LogP) is 2.54. The largest absolute Gasteiger partial charge is 0.333 e. The maximum absolute atomic E-state index is 12.7. The number of rotatable bonds is 5. The van der Waals surface area contributed by atoms with Crippen molar-refractivity contribution < 1.29 is 9.72 Å². The Bertz CT molecular complexity index is 744. The van der Waals surface area contributed by atoms with Crippen molar-refractivity contribution in [3.8, 4) is 10.6 Å². The fraction of sp³-hybridized carbons (Fsp3) is 0.375. The fourth-order valence-corrected chi connectivity index (χ4v) is 3.73. The van der Waals surface area contributed by atoms with E-state index in [9.17, 15) is 14.9 Å². The van der Waals surface area contributed by atoms with E-state index in [1.54, 1.807) is 17.5 Å². The van der Waals surface area contributed by atoms with Crippen molar-refractivity contribution in [1.82, 2.24) is 15.2 Å². The van der Waals surface area contributed by atoms with Crippen molar-refractivity contribution in [2.24, 2.45) is 0 Å². The molecule has 24 heavy (non-hydrogen) atoms. The van der Waals surface area contributed by atoms with E-state index < -0.39 is 4.92 Å². The first-order valence-electron chi connectivity index (χ1n) is 7.76. The average Bonchev–Trinajstić information content (AvgIpc) is 3.24. The molecule has 1 unspecified atom stereocenters. The molecule has 1 aliphatic heterocycles. The van der Waals surface area contributed by atoms with E-state index in [1.165, 1.54) is 23.5 Å². The van der Waals surface area contributed by atoms with Crippen LogP contribution in [0.3, 0.4) is 0 Å². The Morgan fingerprint density at radius 3 is 2.88 bits per heavy atom. The Balaban J connectivity index is 1.77. The number of nitro benzene ring substituents is 1. The van der Waals surface area contributed by atoms with E-state index in [-0.39, 0.29) is 17.6 Å². The van der Waals surface area contributed by atoms with Gasteiger partial charge in [-0.15, -0.1) is 11.3 Å². The number of nitrogens with zero attached hydrogens (tertiary/aromatic N) is 3. The summed E-state index contributed by atoms with van der Waals surface area (Å²) in [6.07, 6.45) is 2.02. The molecule has 2 heterocycles. The Morgan fingerprint density at radius 2 is 2.21 bits per heavy atom. The number of hydrogen-bond donors (Lipinski definition) is 1. The van der Waals surface area contributed by atoms with Crippen LogP contribution in [-0.4, -0.2) is 46.9 Å².